The molecule has 0 amide bonds. The van der Waals surface area contributed by atoms with E-state index in [1.54, 1.807) is 6.20 Å². The highest BCUT2D eigenvalue weighted by Crippen LogP contribution is 2.26. The van der Waals surface area contributed by atoms with Crippen LogP contribution < -0.4 is 10.0 Å². The minimum absolute atomic E-state index is 0.0243. The van der Waals surface area contributed by atoms with Crippen LogP contribution in [0.5, 0.6) is 0 Å². The number of anilines is 1. The maximum absolute atomic E-state index is 11.2. The van der Waals surface area contributed by atoms with E-state index in [-0.39, 0.29) is 17.6 Å². The van der Waals surface area contributed by atoms with E-state index in [9.17, 15) is 8.42 Å². The zero-order valence-corrected chi connectivity index (χ0v) is 11.4. The number of nitrogens with zero attached hydrogens (tertiary/aromatic N) is 3. The molecule has 1 aromatic rings. The quantitative estimate of drug-likeness (QED) is 0.844. The van der Waals surface area contributed by atoms with E-state index in [2.05, 4.69) is 9.97 Å². The SMILES string of the molecule is Cc1ccnc(N2C[C@@H](CS(N)(=O)=O)[C@H](C)C2)n1. The van der Waals surface area contributed by atoms with E-state index in [1.807, 2.05) is 24.8 Å². The van der Waals surface area contributed by atoms with Crippen LogP contribution in [0.1, 0.15) is 12.6 Å². The molecule has 0 bridgehead atoms. The van der Waals surface area contributed by atoms with Gasteiger partial charge in [-0.2, -0.15) is 0 Å². The lowest BCUT2D eigenvalue weighted by molar-refractivity contribution is 0.486. The molecule has 1 aliphatic heterocycles. The minimum atomic E-state index is -3.42. The maximum Gasteiger partial charge on any atom is 0.225 e. The minimum Gasteiger partial charge on any atom is -0.340 e. The van der Waals surface area contributed by atoms with Crippen LogP contribution in [-0.4, -0.2) is 37.2 Å². The molecule has 100 valence electrons. The monoisotopic (exact) mass is 270 g/mol. The second-order valence-corrected chi connectivity index (χ2v) is 6.63. The molecule has 1 aliphatic rings. The number of hydrogen-bond acceptors (Lipinski definition) is 5. The molecular formula is C11H18N4O2S. The van der Waals surface area contributed by atoms with Crippen LogP contribution in [0.15, 0.2) is 12.3 Å². The van der Waals surface area contributed by atoms with Crippen LogP contribution in [-0.2, 0) is 10.0 Å². The Bertz CT molecular complexity index is 532. The average Bonchev–Trinajstić information content (AvgIpc) is 2.58. The van der Waals surface area contributed by atoms with Crippen molar-refractivity contribution in [3.05, 3.63) is 18.0 Å². The van der Waals surface area contributed by atoms with Gasteiger partial charge in [0.15, 0.2) is 0 Å². The Morgan fingerprint density at radius 3 is 2.83 bits per heavy atom. The number of primary sulfonamides is 1. The summed E-state index contributed by atoms with van der Waals surface area (Å²) < 4.78 is 22.3. The Morgan fingerprint density at radius 2 is 2.22 bits per heavy atom. The van der Waals surface area contributed by atoms with E-state index in [0.717, 1.165) is 12.2 Å². The molecule has 2 rings (SSSR count). The van der Waals surface area contributed by atoms with Crippen molar-refractivity contribution in [2.24, 2.45) is 17.0 Å². The summed E-state index contributed by atoms with van der Waals surface area (Å²) in [5.41, 5.74) is 0.905. The molecule has 2 atom stereocenters. The first kappa shape index (κ1) is 13.2. The molecule has 1 aromatic heterocycles. The summed E-state index contributed by atoms with van der Waals surface area (Å²) in [6, 6.07) is 1.84. The zero-order chi connectivity index (χ0) is 13.3. The van der Waals surface area contributed by atoms with Gasteiger partial charge >= 0.3 is 0 Å². The van der Waals surface area contributed by atoms with Gasteiger partial charge in [-0.15, -0.1) is 0 Å². The highest BCUT2D eigenvalue weighted by atomic mass is 32.2. The fourth-order valence-corrected chi connectivity index (χ4v) is 3.33. The second kappa shape index (κ2) is 4.81. The predicted octanol–water partition coefficient (Wildman–Crippen LogP) is 0.146. The summed E-state index contributed by atoms with van der Waals surface area (Å²) in [6.45, 7) is 5.35. The molecule has 6 nitrogen and oxygen atoms in total. The van der Waals surface area contributed by atoms with Crippen LogP contribution in [0.3, 0.4) is 0 Å². The summed E-state index contributed by atoms with van der Waals surface area (Å²) in [4.78, 5) is 10.6. The van der Waals surface area contributed by atoms with Gasteiger partial charge in [0, 0.05) is 25.0 Å². The van der Waals surface area contributed by atoms with Crippen LogP contribution in [0.25, 0.3) is 0 Å². The molecular weight excluding hydrogens is 252 g/mol. The first-order valence-corrected chi connectivity index (χ1v) is 7.62. The van der Waals surface area contributed by atoms with E-state index in [4.69, 9.17) is 5.14 Å². The van der Waals surface area contributed by atoms with E-state index < -0.39 is 10.0 Å². The van der Waals surface area contributed by atoms with Gasteiger partial charge in [-0.3, -0.25) is 0 Å². The summed E-state index contributed by atoms with van der Waals surface area (Å²) in [5.74, 6) is 1.01. The third-order valence-electron chi connectivity index (χ3n) is 3.28. The number of rotatable bonds is 3. The van der Waals surface area contributed by atoms with Crippen molar-refractivity contribution in [1.82, 2.24) is 9.97 Å². The van der Waals surface area contributed by atoms with Gasteiger partial charge in [-0.1, -0.05) is 6.92 Å². The molecule has 0 saturated carbocycles. The number of nitrogens with two attached hydrogens (primary N) is 1. The van der Waals surface area contributed by atoms with Gasteiger partial charge in [0.05, 0.1) is 5.75 Å². The summed E-state index contributed by atoms with van der Waals surface area (Å²) in [6.07, 6.45) is 1.72. The standard InChI is InChI=1S/C11H18N4O2S/c1-8-5-15(6-10(8)7-18(12,16)17)11-13-4-3-9(2)14-11/h3-4,8,10H,5-7H2,1-2H3,(H2,12,16,17)/t8-,10+/m1/s1. The third-order valence-corrected chi connectivity index (χ3v) is 4.17. The number of hydrogen-bond donors (Lipinski definition) is 1. The van der Waals surface area contributed by atoms with Gasteiger partial charge in [0.2, 0.25) is 16.0 Å². The summed E-state index contributed by atoms with van der Waals surface area (Å²) in [5, 5.41) is 5.11. The van der Waals surface area contributed by atoms with Crippen molar-refractivity contribution in [1.29, 1.82) is 0 Å². The number of sulfonamides is 1. The van der Waals surface area contributed by atoms with Gasteiger partial charge in [-0.25, -0.2) is 23.5 Å². The molecule has 0 aromatic carbocycles. The van der Waals surface area contributed by atoms with Crippen LogP contribution in [0.2, 0.25) is 0 Å². The van der Waals surface area contributed by atoms with Crippen molar-refractivity contribution in [3.8, 4) is 0 Å². The van der Waals surface area contributed by atoms with Crippen LogP contribution >= 0.6 is 0 Å². The Hall–Kier alpha value is -1.21. The molecule has 0 spiro atoms. The molecule has 1 saturated heterocycles. The first-order valence-electron chi connectivity index (χ1n) is 5.90. The normalized spacial score (nSPS) is 24.5. The van der Waals surface area contributed by atoms with E-state index >= 15 is 0 Å². The molecule has 0 radical (unpaired) electrons. The Balaban J connectivity index is 2.11. The van der Waals surface area contributed by atoms with Gasteiger partial charge in [0.1, 0.15) is 0 Å². The third kappa shape index (κ3) is 3.17. The summed E-state index contributed by atoms with van der Waals surface area (Å²) in [7, 11) is -3.42. The molecule has 2 N–H and O–H groups in total. The zero-order valence-electron chi connectivity index (χ0n) is 10.6. The lowest BCUT2D eigenvalue weighted by Crippen LogP contribution is -2.28. The van der Waals surface area contributed by atoms with E-state index in [1.165, 1.54) is 0 Å². The molecule has 18 heavy (non-hydrogen) atoms. The molecule has 0 aliphatic carbocycles. The van der Waals surface area contributed by atoms with Crippen molar-refractivity contribution in [3.63, 3.8) is 0 Å². The highest BCUT2D eigenvalue weighted by Gasteiger charge is 2.33. The van der Waals surface area contributed by atoms with Gasteiger partial charge in [0.25, 0.3) is 0 Å². The van der Waals surface area contributed by atoms with Gasteiger partial charge < -0.3 is 4.90 Å². The second-order valence-electron chi connectivity index (χ2n) is 4.97. The number of aryl methyl sites for hydroxylation is 1. The van der Waals surface area contributed by atoms with Crippen molar-refractivity contribution in [2.75, 3.05) is 23.7 Å². The fourth-order valence-electron chi connectivity index (χ4n) is 2.30. The van der Waals surface area contributed by atoms with Crippen LogP contribution in [0, 0.1) is 18.8 Å². The largest absolute Gasteiger partial charge is 0.340 e. The molecule has 0 unspecified atom stereocenters. The number of aromatic nitrogens is 2. The highest BCUT2D eigenvalue weighted by molar-refractivity contribution is 7.89. The topological polar surface area (TPSA) is 89.2 Å². The first-order chi connectivity index (χ1) is 8.35. The summed E-state index contributed by atoms with van der Waals surface area (Å²) >= 11 is 0. The van der Waals surface area contributed by atoms with Crippen LogP contribution in [0.4, 0.5) is 5.95 Å². The van der Waals surface area contributed by atoms with Gasteiger partial charge in [-0.05, 0) is 24.8 Å². The lowest BCUT2D eigenvalue weighted by Gasteiger charge is -2.16. The Labute approximate surface area is 107 Å². The smallest absolute Gasteiger partial charge is 0.225 e. The van der Waals surface area contributed by atoms with Crippen molar-refractivity contribution >= 4 is 16.0 Å². The lowest BCUT2D eigenvalue weighted by atomic mass is 10.0. The van der Waals surface area contributed by atoms with Crippen molar-refractivity contribution < 1.29 is 8.42 Å². The molecule has 2 heterocycles. The Morgan fingerprint density at radius 1 is 1.50 bits per heavy atom. The van der Waals surface area contributed by atoms with Crippen molar-refractivity contribution in [2.45, 2.75) is 13.8 Å². The molecule has 1 fully saturated rings. The average molecular weight is 270 g/mol. The maximum atomic E-state index is 11.2. The Kier molecular flexibility index (Phi) is 3.54. The predicted molar refractivity (Wildman–Crippen MR) is 69.6 cm³/mol. The van der Waals surface area contributed by atoms with E-state index in [0.29, 0.717) is 12.5 Å². The molecule has 7 heteroatoms. The fraction of sp³-hybridized carbons (Fsp3) is 0.636.